The van der Waals surface area contributed by atoms with Crippen LogP contribution in [0, 0.1) is 22.5 Å². The maximum Gasteiger partial charge on any atom is 0.270 e. The zero-order chi connectivity index (χ0) is 21.0. The fourth-order valence-electron chi connectivity index (χ4n) is 2.75. The number of pyridine rings is 1. The Labute approximate surface area is 163 Å². The van der Waals surface area contributed by atoms with Crippen LogP contribution >= 0.6 is 0 Å². The predicted molar refractivity (Wildman–Crippen MR) is 107 cm³/mol. The highest BCUT2D eigenvalue weighted by molar-refractivity contribution is 6.14. The first kappa shape index (κ1) is 19.3. The van der Waals surface area contributed by atoms with Crippen LogP contribution in [0.25, 0.3) is 10.9 Å². The van der Waals surface area contributed by atoms with Crippen LogP contribution in [0.5, 0.6) is 0 Å². The molecule has 9 nitrogen and oxygen atoms in total. The van der Waals surface area contributed by atoms with Crippen molar-refractivity contribution in [3.05, 3.63) is 80.1 Å². The molecule has 0 saturated heterocycles. The van der Waals surface area contributed by atoms with Crippen molar-refractivity contribution in [1.29, 1.82) is 0 Å². The monoisotopic (exact) mass is 390 g/mol. The first-order valence-corrected chi connectivity index (χ1v) is 8.34. The number of nitro benzene ring substituents is 1. The molecule has 0 aliphatic heterocycles. The summed E-state index contributed by atoms with van der Waals surface area (Å²) in [6.07, 6.45) is 5.14. The van der Waals surface area contributed by atoms with Gasteiger partial charge in [0.25, 0.3) is 17.5 Å². The number of carbonyl (C=O) groups excluding carboxylic acids is 2. The second kappa shape index (κ2) is 8.06. The molecular formula is C20H14N4O5. The predicted octanol–water partition coefficient (Wildman–Crippen LogP) is 2.05. The van der Waals surface area contributed by atoms with E-state index in [9.17, 15) is 24.5 Å². The van der Waals surface area contributed by atoms with Crippen LogP contribution in [0.3, 0.4) is 0 Å². The van der Waals surface area contributed by atoms with E-state index in [4.69, 9.17) is 6.42 Å². The van der Waals surface area contributed by atoms with Gasteiger partial charge in [-0.25, -0.2) is 0 Å². The molecule has 1 heterocycles. The van der Waals surface area contributed by atoms with E-state index in [0.29, 0.717) is 0 Å². The standard InChI is InChI=1S/C20H14N4O5/c1-2-9-21-19(26)13-5-3-4-6-16(13)23-20(27)15-11-18(25)22-17-8-7-12(24(28)29)10-14(15)17/h1,3-8,10-11H,9H2,(H,21,26)(H,22,25)(H,23,27). The average Bonchev–Trinajstić information content (AvgIpc) is 2.71. The van der Waals surface area contributed by atoms with E-state index in [0.717, 1.165) is 6.07 Å². The lowest BCUT2D eigenvalue weighted by Gasteiger charge is -2.11. The Balaban J connectivity index is 2.02. The van der Waals surface area contributed by atoms with Gasteiger partial charge in [0.15, 0.2) is 0 Å². The number of terminal acetylenes is 1. The Bertz CT molecular complexity index is 1240. The molecule has 3 rings (SSSR count). The van der Waals surface area contributed by atoms with Gasteiger partial charge in [-0.1, -0.05) is 18.1 Å². The van der Waals surface area contributed by atoms with Crippen molar-refractivity contribution >= 4 is 34.1 Å². The van der Waals surface area contributed by atoms with E-state index in [2.05, 4.69) is 21.5 Å². The van der Waals surface area contributed by atoms with Gasteiger partial charge in [-0.15, -0.1) is 6.42 Å². The van der Waals surface area contributed by atoms with Gasteiger partial charge in [0, 0.05) is 29.1 Å². The molecule has 0 spiro atoms. The summed E-state index contributed by atoms with van der Waals surface area (Å²) < 4.78 is 0. The number of carbonyl (C=O) groups is 2. The number of rotatable bonds is 5. The van der Waals surface area contributed by atoms with E-state index >= 15 is 0 Å². The number of aromatic amines is 1. The van der Waals surface area contributed by atoms with Crippen LogP contribution in [-0.2, 0) is 0 Å². The Morgan fingerprint density at radius 3 is 2.59 bits per heavy atom. The number of hydrogen-bond acceptors (Lipinski definition) is 5. The van der Waals surface area contributed by atoms with Crippen molar-refractivity contribution in [2.24, 2.45) is 0 Å². The summed E-state index contributed by atoms with van der Waals surface area (Å²) in [5, 5.41) is 16.3. The van der Waals surface area contributed by atoms with Gasteiger partial charge >= 0.3 is 0 Å². The van der Waals surface area contributed by atoms with Crippen LogP contribution in [-0.4, -0.2) is 28.3 Å². The van der Waals surface area contributed by atoms with E-state index in [1.54, 1.807) is 12.1 Å². The minimum atomic E-state index is -0.696. The Hall–Kier alpha value is -4.45. The molecule has 9 heteroatoms. The van der Waals surface area contributed by atoms with Crippen LogP contribution in [0.4, 0.5) is 11.4 Å². The number of benzene rings is 2. The zero-order valence-electron chi connectivity index (χ0n) is 14.9. The SMILES string of the molecule is C#CCNC(=O)c1ccccc1NC(=O)c1cc(=O)[nH]c2ccc([N+](=O)[O-])cc12. The van der Waals surface area contributed by atoms with Crippen molar-refractivity contribution in [3.63, 3.8) is 0 Å². The molecule has 0 atom stereocenters. The number of H-pyrrole nitrogens is 1. The van der Waals surface area contributed by atoms with Crippen LogP contribution in [0.2, 0.25) is 0 Å². The Kier molecular flexibility index (Phi) is 5.37. The molecule has 0 aliphatic carbocycles. The van der Waals surface area contributed by atoms with E-state index in [-0.39, 0.29) is 39.9 Å². The number of nitrogens with zero attached hydrogens (tertiary/aromatic N) is 1. The average molecular weight is 390 g/mol. The van der Waals surface area contributed by atoms with Crippen LogP contribution < -0.4 is 16.2 Å². The third-order valence-corrected chi connectivity index (χ3v) is 4.05. The summed E-state index contributed by atoms with van der Waals surface area (Å²) in [5.74, 6) is 1.11. The summed E-state index contributed by atoms with van der Waals surface area (Å²) in [7, 11) is 0. The first-order chi connectivity index (χ1) is 13.9. The molecular weight excluding hydrogens is 376 g/mol. The molecule has 1 aromatic heterocycles. The molecule has 3 aromatic rings. The highest BCUT2D eigenvalue weighted by Gasteiger charge is 2.18. The normalized spacial score (nSPS) is 10.2. The van der Waals surface area contributed by atoms with Gasteiger partial charge < -0.3 is 15.6 Å². The number of nitro groups is 1. The summed E-state index contributed by atoms with van der Waals surface area (Å²) in [6, 6.07) is 11.1. The number of aromatic nitrogens is 1. The Morgan fingerprint density at radius 1 is 1.10 bits per heavy atom. The molecule has 3 N–H and O–H groups in total. The minimum absolute atomic E-state index is 0.0173. The molecule has 2 aromatic carbocycles. The van der Waals surface area contributed by atoms with Gasteiger partial charge in [0.2, 0.25) is 5.56 Å². The third kappa shape index (κ3) is 4.12. The summed E-state index contributed by atoms with van der Waals surface area (Å²) in [4.78, 5) is 50.0. The first-order valence-electron chi connectivity index (χ1n) is 8.34. The number of amides is 2. The lowest BCUT2D eigenvalue weighted by molar-refractivity contribution is -0.384. The fourth-order valence-corrected chi connectivity index (χ4v) is 2.75. The minimum Gasteiger partial charge on any atom is -0.341 e. The van der Waals surface area contributed by atoms with Crippen LogP contribution in [0.1, 0.15) is 20.7 Å². The topological polar surface area (TPSA) is 134 Å². The largest absolute Gasteiger partial charge is 0.341 e. The highest BCUT2D eigenvalue weighted by atomic mass is 16.6. The van der Waals surface area contributed by atoms with Gasteiger partial charge in [0.1, 0.15) is 0 Å². The van der Waals surface area contributed by atoms with Crippen molar-refractivity contribution in [2.45, 2.75) is 0 Å². The molecule has 0 radical (unpaired) electrons. The van der Waals surface area contributed by atoms with Crippen molar-refractivity contribution < 1.29 is 14.5 Å². The van der Waals surface area contributed by atoms with Gasteiger partial charge in [-0.05, 0) is 18.2 Å². The molecule has 0 bridgehead atoms. The zero-order valence-corrected chi connectivity index (χ0v) is 14.9. The number of hydrogen-bond donors (Lipinski definition) is 3. The third-order valence-electron chi connectivity index (χ3n) is 4.05. The number of nitrogens with one attached hydrogen (secondary N) is 3. The van der Waals surface area contributed by atoms with Gasteiger partial charge in [-0.3, -0.25) is 24.5 Å². The number of non-ortho nitro benzene ring substituents is 1. The molecule has 0 saturated carbocycles. The van der Waals surface area contributed by atoms with Gasteiger partial charge in [-0.2, -0.15) is 0 Å². The smallest absolute Gasteiger partial charge is 0.270 e. The molecule has 0 unspecified atom stereocenters. The molecule has 144 valence electrons. The number of para-hydroxylation sites is 1. The second-order valence-corrected chi connectivity index (χ2v) is 5.92. The number of anilines is 1. The van der Waals surface area contributed by atoms with E-state index < -0.39 is 22.3 Å². The Morgan fingerprint density at radius 2 is 1.86 bits per heavy atom. The van der Waals surface area contributed by atoms with Crippen molar-refractivity contribution in [3.8, 4) is 12.3 Å². The van der Waals surface area contributed by atoms with Crippen molar-refractivity contribution in [2.75, 3.05) is 11.9 Å². The summed E-state index contributed by atoms with van der Waals surface area (Å²) in [5.41, 5.74) is -0.189. The lowest BCUT2D eigenvalue weighted by atomic mass is 10.1. The van der Waals surface area contributed by atoms with E-state index in [1.165, 1.54) is 30.3 Å². The van der Waals surface area contributed by atoms with Crippen molar-refractivity contribution in [1.82, 2.24) is 10.3 Å². The fraction of sp³-hybridized carbons (Fsp3) is 0.0500. The van der Waals surface area contributed by atoms with Gasteiger partial charge in [0.05, 0.1) is 28.3 Å². The lowest BCUT2D eigenvalue weighted by Crippen LogP contribution is -2.25. The molecule has 0 fully saturated rings. The molecule has 2 amide bonds. The van der Waals surface area contributed by atoms with E-state index in [1.807, 2.05) is 0 Å². The summed E-state index contributed by atoms with van der Waals surface area (Å²) in [6.45, 7) is 0.0173. The molecule has 0 aliphatic rings. The highest BCUT2D eigenvalue weighted by Crippen LogP contribution is 2.23. The van der Waals surface area contributed by atoms with Crippen LogP contribution in [0.15, 0.2) is 53.3 Å². The maximum absolute atomic E-state index is 12.9. The quantitative estimate of drug-likeness (QED) is 0.348. The maximum atomic E-state index is 12.9. The number of fused-ring (bicyclic) bond motifs is 1. The summed E-state index contributed by atoms with van der Waals surface area (Å²) >= 11 is 0. The molecule has 29 heavy (non-hydrogen) atoms. The second-order valence-electron chi connectivity index (χ2n) is 5.92.